The van der Waals surface area contributed by atoms with E-state index in [-0.39, 0.29) is 0 Å². The molecule has 0 heterocycles. The Labute approximate surface area is 106 Å². The van der Waals surface area contributed by atoms with Crippen LogP contribution in [0.5, 0.6) is 5.75 Å². The Hall–Kier alpha value is -0.685. The number of benzene rings is 1. The topological polar surface area (TPSA) is 58.9 Å². The Balaban J connectivity index is 2.19. The molecule has 0 radical (unpaired) electrons. The van der Waals surface area contributed by atoms with Gasteiger partial charge in [-0.25, -0.2) is 0 Å². The smallest absolute Gasteiger partial charge is 0.488 e. The second-order valence-electron chi connectivity index (χ2n) is 3.40. The predicted molar refractivity (Wildman–Crippen MR) is 71.0 cm³/mol. The van der Waals surface area contributed by atoms with E-state index in [0.29, 0.717) is 12.1 Å². The summed E-state index contributed by atoms with van der Waals surface area (Å²) in [4.78, 5) is 0. The third kappa shape index (κ3) is 5.98. The molecular formula is C11H17BO4S. The maximum absolute atomic E-state index is 8.91. The van der Waals surface area contributed by atoms with Crippen LogP contribution in [0.1, 0.15) is 0 Å². The van der Waals surface area contributed by atoms with Gasteiger partial charge in [0.15, 0.2) is 0 Å². The van der Waals surface area contributed by atoms with Crippen LogP contribution in [0.4, 0.5) is 0 Å². The van der Waals surface area contributed by atoms with E-state index in [2.05, 4.69) is 0 Å². The third-order valence-electron chi connectivity index (χ3n) is 2.11. The normalized spacial score (nSPS) is 10.3. The predicted octanol–water partition coefficient (Wildman–Crippen LogP) is 0.125. The van der Waals surface area contributed by atoms with Gasteiger partial charge >= 0.3 is 7.12 Å². The van der Waals surface area contributed by atoms with Crippen molar-refractivity contribution in [3.8, 4) is 5.75 Å². The zero-order chi connectivity index (χ0) is 12.5. The summed E-state index contributed by atoms with van der Waals surface area (Å²) in [5.41, 5.74) is 0.465. The molecule has 0 aliphatic carbocycles. The molecule has 4 nitrogen and oxygen atoms in total. The molecule has 0 saturated heterocycles. The number of thioether (sulfide) groups is 1. The van der Waals surface area contributed by atoms with E-state index >= 15 is 0 Å². The zero-order valence-corrected chi connectivity index (χ0v) is 10.7. The van der Waals surface area contributed by atoms with E-state index in [9.17, 15) is 0 Å². The lowest BCUT2D eigenvalue weighted by molar-refractivity contribution is 0.218. The van der Waals surface area contributed by atoms with Gasteiger partial charge in [-0.3, -0.25) is 0 Å². The quantitative estimate of drug-likeness (QED) is 0.511. The van der Waals surface area contributed by atoms with Gasteiger partial charge in [0.25, 0.3) is 0 Å². The molecule has 17 heavy (non-hydrogen) atoms. The first-order valence-electron chi connectivity index (χ1n) is 5.39. The van der Waals surface area contributed by atoms with Gasteiger partial charge in [0.05, 0.1) is 13.2 Å². The third-order valence-corrected chi connectivity index (χ3v) is 3.02. The first-order valence-corrected chi connectivity index (χ1v) is 6.55. The Bertz CT molecular complexity index is 305. The van der Waals surface area contributed by atoms with E-state index in [1.807, 2.05) is 0 Å². The van der Waals surface area contributed by atoms with Crippen molar-refractivity contribution in [2.75, 3.05) is 31.8 Å². The average molecular weight is 256 g/mol. The van der Waals surface area contributed by atoms with E-state index < -0.39 is 7.12 Å². The van der Waals surface area contributed by atoms with Crippen molar-refractivity contribution in [3.05, 3.63) is 24.3 Å². The zero-order valence-electron chi connectivity index (χ0n) is 9.83. The van der Waals surface area contributed by atoms with Crippen LogP contribution < -0.4 is 10.2 Å². The average Bonchev–Trinajstić information content (AvgIpc) is 2.34. The van der Waals surface area contributed by atoms with Gasteiger partial charge in [-0.15, -0.1) is 0 Å². The van der Waals surface area contributed by atoms with Gasteiger partial charge in [0.2, 0.25) is 0 Å². The summed E-state index contributed by atoms with van der Waals surface area (Å²) in [5.74, 6) is 2.62. The summed E-state index contributed by atoms with van der Waals surface area (Å²) >= 11 is 1.78. The van der Waals surface area contributed by atoms with Crippen molar-refractivity contribution in [1.29, 1.82) is 0 Å². The Morgan fingerprint density at radius 1 is 1.12 bits per heavy atom. The molecule has 0 aliphatic rings. The summed E-state index contributed by atoms with van der Waals surface area (Å²) < 4.78 is 10.4. The number of ether oxygens (including phenoxy) is 2. The molecule has 1 aromatic carbocycles. The van der Waals surface area contributed by atoms with E-state index in [1.54, 1.807) is 43.1 Å². The molecule has 0 aliphatic heterocycles. The molecule has 0 amide bonds. The summed E-state index contributed by atoms with van der Waals surface area (Å²) in [6.45, 7) is 1.39. The van der Waals surface area contributed by atoms with Crippen molar-refractivity contribution >= 4 is 24.3 Å². The van der Waals surface area contributed by atoms with Crippen LogP contribution in [0.15, 0.2) is 24.3 Å². The van der Waals surface area contributed by atoms with Crippen LogP contribution in [-0.2, 0) is 4.74 Å². The molecule has 0 saturated carbocycles. The number of rotatable bonds is 8. The minimum Gasteiger partial charge on any atom is -0.493 e. The lowest BCUT2D eigenvalue weighted by Crippen LogP contribution is -2.29. The number of methoxy groups -OCH3 is 1. The van der Waals surface area contributed by atoms with Crippen molar-refractivity contribution in [1.82, 2.24) is 0 Å². The van der Waals surface area contributed by atoms with Gasteiger partial charge in [0, 0.05) is 18.6 Å². The summed E-state index contributed by atoms with van der Waals surface area (Å²) in [7, 11) is 0.266. The molecule has 2 N–H and O–H groups in total. The minimum absolute atomic E-state index is 0.465. The van der Waals surface area contributed by atoms with Crippen LogP contribution in [0.3, 0.4) is 0 Å². The number of hydrogen-bond donors (Lipinski definition) is 2. The number of hydrogen-bond acceptors (Lipinski definition) is 5. The van der Waals surface area contributed by atoms with Crippen LogP contribution in [0.25, 0.3) is 0 Å². The largest absolute Gasteiger partial charge is 0.493 e. The molecule has 0 unspecified atom stereocenters. The highest BCUT2D eigenvalue weighted by molar-refractivity contribution is 7.99. The maximum atomic E-state index is 8.91. The van der Waals surface area contributed by atoms with Gasteiger partial charge in [-0.05, 0) is 17.6 Å². The highest BCUT2D eigenvalue weighted by atomic mass is 32.2. The maximum Gasteiger partial charge on any atom is 0.488 e. The van der Waals surface area contributed by atoms with Crippen LogP contribution in [-0.4, -0.2) is 49.0 Å². The van der Waals surface area contributed by atoms with Gasteiger partial charge < -0.3 is 19.5 Å². The molecule has 1 aromatic rings. The molecule has 0 spiro atoms. The first-order chi connectivity index (χ1) is 8.24. The van der Waals surface area contributed by atoms with Gasteiger partial charge in [0.1, 0.15) is 5.75 Å². The van der Waals surface area contributed by atoms with Gasteiger partial charge in [-0.2, -0.15) is 11.8 Å². The van der Waals surface area contributed by atoms with Crippen LogP contribution >= 0.6 is 11.8 Å². The highest BCUT2D eigenvalue weighted by Crippen LogP contribution is 2.08. The molecule has 1 rings (SSSR count). The Kier molecular flexibility index (Phi) is 7.11. The fraction of sp³-hybridized carbons (Fsp3) is 0.455. The first kappa shape index (κ1) is 14.4. The van der Waals surface area contributed by atoms with Gasteiger partial charge in [-0.1, -0.05) is 12.1 Å². The van der Waals surface area contributed by atoms with Crippen molar-refractivity contribution in [3.63, 3.8) is 0 Å². The minimum atomic E-state index is -1.42. The molecule has 0 bridgehead atoms. The standard InChI is InChI=1S/C11H17BO4S/c1-15-6-8-17-9-7-16-11-4-2-10(3-5-11)12(13)14/h2-5,13-14H,6-9H2,1H3. The van der Waals surface area contributed by atoms with Crippen LogP contribution in [0.2, 0.25) is 0 Å². The SMILES string of the molecule is COCCSCCOc1ccc(B(O)O)cc1. The summed E-state index contributed by atoms with van der Waals surface area (Å²) in [5, 5.41) is 17.8. The summed E-state index contributed by atoms with van der Waals surface area (Å²) in [6.07, 6.45) is 0. The monoisotopic (exact) mass is 256 g/mol. The molecule has 0 atom stereocenters. The molecule has 0 fully saturated rings. The molecule has 94 valence electrons. The van der Waals surface area contributed by atoms with Crippen LogP contribution in [0, 0.1) is 0 Å². The van der Waals surface area contributed by atoms with E-state index in [0.717, 1.165) is 23.9 Å². The molecule has 6 heteroatoms. The summed E-state index contributed by atoms with van der Waals surface area (Å²) in [6, 6.07) is 6.74. The van der Waals surface area contributed by atoms with Crippen molar-refractivity contribution in [2.24, 2.45) is 0 Å². The second-order valence-corrected chi connectivity index (χ2v) is 4.62. The molecular weight excluding hydrogens is 239 g/mol. The fourth-order valence-electron chi connectivity index (χ4n) is 1.20. The Morgan fingerprint density at radius 2 is 1.76 bits per heavy atom. The lowest BCUT2D eigenvalue weighted by Gasteiger charge is -2.06. The van der Waals surface area contributed by atoms with Crippen molar-refractivity contribution in [2.45, 2.75) is 0 Å². The fourth-order valence-corrected chi connectivity index (χ4v) is 1.89. The second kappa shape index (κ2) is 8.41. The van der Waals surface area contributed by atoms with E-state index in [1.165, 1.54) is 0 Å². The van der Waals surface area contributed by atoms with E-state index in [4.69, 9.17) is 19.5 Å². The Morgan fingerprint density at radius 3 is 2.35 bits per heavy atom. The lowest BCUT2D eigenvalue weighted by atomic mass is 9.80. The molecule has 0 aromatic heterocycles. The van der Waals surface area contributed by atoms with Crippen molar-refractivity contribution < 1.29 is 19.5 Å². The highest BCUT2D eigenvalue weighted by Gasteiger charge is 2.09.